The monoisotopic (exact) mass is 284 g/mol. The largest absolute Gasteiger partial charge is 0.313 e. The van der Waals surface area contributed by atoms with Gasteiger partial charge in [0.15, 0.2) is 0 Å². The summed E-state index contributed by atoms with van der Waals surface area (Å²) < 4.78 is 0. The molecular formula is C16H32N2S. The Morgan fingerprint density at radius 2 is 1.84 bits per heavy atom. The molecule has 1 saturated heterocycles. The minimum absolute atomic E-state index is 0.727. The van der Waals surface area contributed by atoms with E-state index in [-0.39, 0.29) is 0 Å². The molecule has 1 saturated carbocycles. The molecule has 2 bridgehead atoms. The molecule has 0 aromatic heterocycles. The van der Waals surface area contributed by atoms with E-state index < -0.39 is 0 Å². The number of thioether (sulfide) groups is 1. The number of unbranched alkanes of at least 4 members (excludes halogenated alkanes) is 1. The SMILES string of the molecule is CSCCCCNC1C2CCCC1CN(C(C)C)C2. The maximum absolute atomic E-state index is 3.91. The molecule has 1 heterocycles. The average molecular weight is 285 g/mol. The van der Waals surface area contributed by atoms with Gasteiger partial charge in [0.1, 0.15) is 0 Å². The van der Waals surface area contributed by atoms with Gasteiger partial charge in [-0.05, 0) is 69.9 Å². The third-order valence-corrected chi connectivity index (χ3v) is 5.69. The average Bonchev–Trinajstić information content (AvgIpc) is 2.37. The van der Waals surface area contributed by atoms with Crippen molar-refractivity contribution in [3.63, 3.8) is 0 Å². The van der Waals surface area contributed by atoms with E-state index in [0.717, 1.165) is 23.9 Å². The minimum Gasteiger partial charge on any atom is -0.313 e. The van der Waals surface area contributed by atoms with Crippen LogP contribution in [0.4, 0.5) is 0 Å². The summed E-state index contributed by atoms with van der Waals surface area (Å²) in [7, 11) is 0. The fourth-order valence-electron chi connectivity index (χ4n) is 3.87. The summed E-state index contributed by atoms with van der Waals surface area (Å²) in [6.07, 6.45) is 9.29. The summed E-state index contributed by atoms with van der Waals surface area (Å²) >= 11 is 1.97. The van der Waals surface area contributed by atoms with Crippen LogP contribution < -0.4 is 5.32 Å². The molecular weight excluding hydrogens is 252 g/mol. The van der Waals surface area contributed by atoms with E-state index in [1.54, 1.807) is 0 Å². The molecule has 0 radical (unpaired) electrons. The summed E-state index contributed by atoms with van der Waals surface area (Å²) in [5, 5.41) is 3.91. The normalized spacial score (nSPS) is 31.9. The summed E-state index contributed by atoms with van der Waals surface area (Å²) in [6, 6.07) is 1.55. The first kappa shape index (κ1) is 15.7. The molecule has 2 rings (SSSR count). The van der Waals surface area contributed by atoms with Crippen LogP contribution in [0.1, 0.15) is 46.0 Å². The van der Waals surface area contributed by atoms with Crippen LogP contribution in [0.15, 0.2) is 0 Å². The maximum atomic E-state index is 3.91. The molecule has 2 atom stereocenters. The van der Waals surface area contributed by atoms with Crippen molar-refractivity contribution in [1.29, 1.82) is 0 Å². The Labute approximate surface area is 124 Å². The molecule has 0 amide bonds. The minimum atomic E-state index is 0.727. The lowest BCUT2D eigenvalue weighted by Crippen LogP contribution is -2.58. The first-order chi connectivity index (χ1) is 9.22. The number of nitrogens with one attached hydrogen (secondary N) is 1. The first-order valence-electron chi connectivity index (χ1n) is 8.18. The van der Waals surface area contributed by atoms with Gasteiger partial charge in [-0.15, -0.1) is 0 Å². The van der Waals surface area contributed by atoms with Crippen LogP contribution in [0.2, 0.25) is 0 Å². The lowest BCUT2D eigenvalue weighted by molar-refractivity contribution is 0.0297. The molecule has 2 unspecified atom stereocenters. The topological polar surface area (TPSA) is 15.3 Å². The van der Waals surface area contributed by atoms with Crippen molar-refractivity contribution >= 4 is 11.8 Å². The number of nitrogens with zero attached hydrogens (tertiary/aromatic N) is 1. The second-order valence-corrected chi connectivity index (χ2v) is 7.66. The van der Waals surface area contributed by atoms with Gasteiger partial charge < -0.3 is 10.2 Å². The molecule has 19 heavy (non-hydrogen) atoms. The molecule has 112 valence electrons. The second kappa shape index (κ2) is 7.90. The molecule has 2 nitrogen and oxygen atoms in total. The number of piperidine rings is 1. The zero-order valence-electron chi connectivity index (χ0n) is 13.0. The smallest absolute Gasteiger partial charge is 0.0148 e. The van der Waals surface area contributed by atoms with E-state index in [2.05, 4.69) is 30.3 Å². The van der Waals surface area contributed by atoms with Gasteiger partial charge in [0.25, 0.3) is 0 Å². The number of fused-ring (bicyclic) bond motifs is 2. The highest BCUT2D eigenvalue weighted by atomic mass is 32.2. The van der Waals surface area contributed by atoms with Gasteiger partial charge in [-0.1, -0.05) is 6.42 Å². The van der Waals surface area contributed by atoms with Gasteiger partial charge in [-0.25, -0.2) is 0 Å². The predicted molar refractivity (Wildman–Crippen MR) is 86.9 cm³/mol. The highest BCUT2D eigenvalue weighted by molar-refractivity contribution is 7.98. The Hall–Kier alpha value is 0.270. The molecule has 1 aliphatic carbocycles. The van der Waals surface area contributed by atoms with Crippen LogP contribution in [-0.4, -0.2) is 48.6 Å². The summed E-state index contributed by atoms with van der Waals surface area (Å²) in [4.78, 5) is 2.71. The third-order valence-electron chi connectivity index (χ3n) is 4.99. The quantitative estimate of drug-likeness (QED) is 0.723. The van der Waals surface area contributed by atoms with Crippen LogP contribution in [0, 0.1) is 11.8 Å². The number of rotatable bonds is 7. The Balaban J connectivity index is 1.77. The zero-order valence-corrected chi connectivity index (χ0v) is 13.8. The zero-order chi connectivity index (χ0) is 13.7. The van der Waals surface area contributed by atoms with E-state index in [1.807, 2.05) is 11.8 Å². The van der Waals surface area contributed by atoms with Crippen LogP contribution in [0.3, 0.4) is 0 Å². The van der Waals surface area contributed by atoms with Crippen molar-refractivity contribution in [3.8, 4) is 0 Å². The van der Waals surface area contributed by atoms with Gasteiger partial charge in [0.2, 0.25) is 0 Å². The lowest BCUT2D eigenvalue weighted by atomic mass is 9.73. The van der Waals surface area contributed by atoms with Crippen molar-refractivity contribution in [2.45, 2.75) is 58.0 Å². The standard InChI is InChI=1S/C16H32N2S/c1-13(2)18-11-14-7-6-8-15(12-18)16(14)17-9-4-5-10-19-3/h13-17H,4-12H2,1-3H3. The van der Waals surface area contributed by atoms with Crippen LogP contribution in [-0.2, 0) is 0 Å². The van der Waals surface area contributed by atoms with Gasteiger partial charge in [0, 0.05) is 25.2 Å². The molecule has 2 fully saturated rings. The van der Waals surface area contributed by atoms with Gasteiger partial charge in [-0.2, -0.15) is 11.8 Å². The fourth-order valence-corrected chi connectivity index (χ4v) is 4.36. The molecule has 0 aromatic carbocycles. The highest BCUT2D eigenvalue weighted by Crippen LogP contribution is 2.35. The second-order valence-electron chi connectivity index (χ2n) is 6.68. The van der Waals surface area contributed by atoms with Crippen molar-refractivity contribution in [1.82, 2.24) is 10.2 Å². The Bertz CT molecular complexity index is 243. The maximum Gasteiger partial charge on any atom is 0.0148 e. The molecule has 3 heteroatoms. The first-order valence-corrected chi connectivity index (χ1v) is 9.58. The Morgan fingerprint density at radius 1 is 1.16 bits per heavy atom. The van der Waals surface area contributed by atoms with Gasteiger partial charge in [0.05, 0.1) is 0 Å². The number of hydrogen-bond donors (Lipinski definition) is 1. The summed E-state index contributed by atoms with van der Waals surface area (Å²) in [5.41, 5.74) is 0. The summed E-state index contributed by atoms with van der Waals surface area (Å²) in [6.45, 7) is 8.60. The van der Waals surface area contributed by atoms with E-state index in [4.69, 9.17) is 0 Å². The van der Waals surface area contributed by atoms with Crippen molar-refractivity contribution in [2.75, 3.05) is 31.6 Å². The van der Waals surface area contributed by atoms with Gasteiger partial charge >= 0.3 is 0 Å². The van der Waals surface area contributed by atoms with Crippen LogP contribution in [0.25, 0.3) is 0 Å². The third kappa shape index (κ3) is 4.37. The molecule has 1 aliphatic heterocycles. The number of likely N-dealkylation sites (tertiary alicyclic amines) is 1. The molecule has 1 N–H and O–H groups in total. The van der Waals surface area contributed by atoms with Crippen LogP contribution >= 0.6 is 11.8 Å². The fraction of sp³-hybridized carbons (Fsp3) is 1.00. The molecule has 0 aromatic rings. The van der Waals surface area contributed by atoms with Crippen molar-refractivity contribution < 1.29 is 0 Å². The molecule has 2 aliphatic rings. The van der Waals surface area contributed by atoms with Crippen molar-refractivity contribution in [3.05, 3.63) is 0 Å². The van der Waals surface area contributed by atoms with Crippen molar-refractivity contribution in [2.24, 2.45) is 11.8 Å². The van der Waals surface area contributed by atoms with Gasteiger partial charge in [-0.3, -0.25) is 0 Å². The lowest BCUT2D eigenvalue weighted by Gasteiger charge is -2.49. The van der Waals surface area contributed by atoms with Crippen LogP contribution in [0.5, 0.6) is 0 Å². The Kier molecular flexibility index (Phi) is 6.51. The number of hydrogen-bond acceptors (Lipinski definition) is 3. The highest BCUT2D eigenvalue weighted by Gasteiger charge is 2.39. The van der Waals surface area contributed by atoms with E-state index in [9.17, 15) is 0 Å². The Morgan fingerprint density at radius 3 is 2.42 bits per heavy atom. The summed E-state index contributed by atoms with van der Waals surface area (Å²) in [5.74, 6) is 3.14. The molecule has 0 spiro atoms. The van der Waals surface area contributed by atoms with E-state index >= 15 is 0 Å². The van der Waals surface area contributed by atoms with E-state index in [1.165, 1.54) is 57.5 Å². The predicted octanol–water partition coefficient (Wildman–Crippen LogP) is 3.23. The van der Waals surface area contributed by atoms with E-state index in [0.29, 0.717) is 0 Å².